The van der Waals surface area contributed by atoms with Gasteiger partial charge in [-0.2, -0.15) is 0 Å². The first-order chi connectivity index (χ1) is 10.6. The summed E-state index contributed by atoms with van der Waals surface area (Å²) in [6.45, 7) is 2.84. The van der Waals surface area contributed by atoms with Crippen LogP contribution in [0.4, 0.5) is 0 Å². The van der Waals surface area contributed by atoms with Gasteiger partial charge in [0.25, 0.3) is 0 Å². The van der Waals surface area contributed by atoms with Crippen LogP contribution in [0.1, 0.15) is 12.5 Å². The summed E-state index contributed by atoms with van der Waals surface area (Å²) in [5, 5.41) is 2.74. The lowest BCUT2D eigenvalue weighted by Crippen LogP contribution is -2.43. The van der Waals surface area contributed by atoms with Crippen LogP contribution in [-0.2, 0) is 16.1 Å². The number of methoxy groups -OCH3 is 3. The van der Waals surface area contributed by atoms with Crippen LogP contribution < -0.4 is 25.3 Å². The summed E-state index contributed by atoms with van der Waals surface area (Å²) in [5.74, 6) is 1.35. The van der Waals surface area contributed by atoms with Crippen LogP contribution in [0.2, 0.25) is 0 Å². The Labute approximate surface area is 142 Å². The van der Waals surface area contributed by atoms with Gasteiger partial charge in [0.15, 0.2) is 11.5 Å². The minimum atomic E-state index is -0.698. The van der Waals surface area contributed by atoms with Crippen LogP contribution in [0.25, 0.3) is 0 Å². The van der Waals surface area contributed by atoms with Crippen molar-refractivity contribution in [2.75, 3.05) is 34.5 Å². The van der Waals surface area contributed by atoms with Crippen LogP contribution in [0.5, 0.6) is 17.2 Å². The van der Waals surface area contributed by atoms with E-state index in [4.69, 9.17) is 24.7 Å². The van der Waals surface area contributed by atoms with Crippen molar-refractivity contribution in [2.24, 2.45) is 5.73 Å². The third-order valence-corrected chi connectivity index (χ3v) is 2.96. The number of ether oxygens (including phenoxy) is 4. The number of carbonyl (C=O) groups is 1. The van der Waals surface area contributed by atoms with Crippen molar-refractivity contribution in [3.63, 3.8) is 0 Å². The standard InChI is InChI=1S/C15H24N2O5.ClH/c1-5-22-14-12(20-3)6-10(7-13(14)21-4)8-17-15(18)11(16)9-19-2;/h6-7,11H,5,8-9,16H2,1-4H3,(H,17,18);1H. The van der Waals surface area contributed by atoms with E-state index in [1.165, 1.54) is 7.11 Å². The molecule has 0 aliphatic rings. The molecule has 3 N–H and O–H groups in total. The number of rotatable bonds is 9. The van der Waals surface area contributed by atoms with Crippen molar-refractivity contribution in [1.82, 2.24) is 5.32 Å². The maximum absolute atomic E-state index is 11.8. The highest BCUT2D eigenvalue weighted by Crippen LogP contribution is 2.38. The first-order valence-electron chi connectivity index (χ1n) is 6.97. The molecule has 0 aliphatic heterocycles. The largest absolute Gasteiger partial charge is 0.493 e. The van der Waals surface area contributed by atoms with Gasteiger partial charge >= 0.3 is 0 Å². The van der Waals surface area contributed by atoms with Gasteiger partial charge in [-0.1, -0.05) is 0 Å². The van der Waals surface area contributed by atoms with Gasteiger partial charge in [0.1, 0.15) is 6.04 Å². The number of carbonyl (C=O) groups excluding carboxylic acids is 1. The fourth-order valence-corrected chi connectivity index (χ4v) is 1.90. The highest BCUT2D eigenvalue weighted by Gasteiger charge is 2.16. The second-order valence-electron chi connectivity index (χ2n) is 4.54. The van der Waals surface area contributed by atoms with E-state index in [-0.39, 0.29) is 24.9 Å². The van der Waals surface area contributed by atoms with Crippen molar-refractivity contribution >= 4 is 18.3 Å². The summed E-state index contributed by atoms with van der Waals surface area (Å²) in [6.07, 6.45) is 0. The molecule has 0 aromatic heterocycles. The number of halogens is 1. The fourth-order valence-electron chi connectivity index (χ4n) is 1.90. The average Bonchev–Trinajstić information content (AvgIpc) is 2.53. The Balaban J connectivity index is 0.00000484. The molecule has 0 spiro atoms. The molecule has 23 heavy (non-hydrogen) atoms. The van der Waals surface area contributed by atoms with Crippen molar-refractivity contribution in [3.05, 3.63) is 17.7 Å². The van der Waals surface area contributed by atoms with E-state index in [0.29, 0.717) is 30.4 Å². The summed E-state index contributed by atoms with van der Waals surface area (Å²) in [6, 6.07) is 2.88. The molecule has 0 aliphatic carbocycles. The quantitative estimate of drug-likeness (QED) is 0.694. The first-order valence-corrected chi connectivity index (χ1v) is 6.97. The zero-order valence-electron chi connectivity index (χ0n) is 13.9. The highest BCUT2D eigenvalue weighted by atomic mass is 35.5. The SMILES string of the molecule is CCOc1c(OC)cc(CNC(=O)C(N)COC)cc1OC.Cl. The second-order valence-corrected chi connectivity index (χ2v) is 4.54. The van der Waals surface area contributed by atoms with E-state index < -0.39 is 6.04 Å². The van der Waals surface area contributed by atoms with Crippen LogP contribution in [0.3, 0.4) is 0 Å². The van der Waals surface area contributed by atoms with Crippen molar-refractivity contribution in [1.29, 1.82) is 0 Å². The predicted molar refractivity (Wildman–Crippen MR) is 89.7 cm³/mol. The minimum Gasteiger partial charge on any atom is -0.493 e. The molecule has 0 fully saturated rings. The second kappa shape index (κ2) is 10.9. The number of hydrogen-bond donors (Lipinski definition) is 2. The summed E-state index contributed by atoms with van der Waals surface area (Å²) in [5.41, 5.74) is 6.48. The Hall–Kier alpha value is -1.70. The van der Waals surface area contributed by atoms with Gasteiger partial charge in [0.05, 0.1) is 27.4 Å². The average molecular weight is 349 g/mol. The van der Waals surface area contributed by atoms with E-state index >= 15 is 0 Å². The summed E-state index contributed by atoms with van der Waals surface area (Å²) in [4.78, 5) is 11.8. The molecule has 1 unspecified atom stereocenters. The molecule has 1 atom stereocenters. The van der Waals surface area contributed by atoms with Crippen molar-refractivity contribution < 1.29 is 23.7 Å². The fraction of sp³-hybridized carbons (Fsp3) is 0.533. The third-order valence-electron chi connectivity index (χ3n) is 2.96. The number of amides is 1. The van der Waals surface area contributed by atoms with E-state index in [9.17, 15) is 4.79 Å². The Morgan fingerprint density at radius 3 is 2.22 bits per heavy atom. The first kappa shape index (κ1) is 21.3. The topological polar surface area (TPSA) is 92.0 Å². The summed E-state index contributed by atoms with van der Waals surface area (Å²) in [7, 11) is 4.59. The monoisotopic (exact) mass is 348 g/mol. The Morgan fingerprint density at radius 1 is 1.22 bits per heavy atom. The molecule has 0 radical (unpaired) electrons. The molecule has 1 amide bonds. The summed E-state index contributed by atoms with van der Waals surface area (Å²) < 4.78 is 21.0. The number of benzene rings is 1. The molecular formula is C15H25ClN2O5. The lowest BCUT2D eigenvalue weighted by Gasteiger charge is -2.16. The molecule has 0 heterocycles. The smallest absolute Gasteiger partial charge is 0.239 e. The van der Waals surface area contributed by atoms with E-state index in [0.717, 1.165) is 5.56 Å². The predicted octanol–water partition coefficient (Wildman–Crippen LogP) is 1.11. The lowest BCUT2D eigenvalue weighted by atomic mass is 10.1. The van der Waals surface area contributed by atoms with Crippen molar-refractivity contribution in [2.45, 2.75) is 19.5 Å². The molecule has 1 rings (SSSR count). The number of nitrogens with two attached hydrogens (primary N) is 1. The number of nitrogens with one attached hydrogen (secondary N) is 1. The van der Waals surface area contributed by atoms with Crippen molar-refractivity contribution in [3.8, 4) is 17.2 Å². The molecule has 7 nitrogen and oxygen atoms in total. The maximum Gasteiger partial charge on any atom is 0.239 e. The van der Waals surface area contributed by atoms with Gasteiger partial charge in [-0.25, -0.2) is 0 Å². The van der Waals surface area contributed by atoms with E-state index in [1.54, 1.807) is 26.4 Å². The molecule has 0 bridgehead atoms. The van der Waals surface area contributed by atoms with Gasteiger partial charge in [-0.05, 0) is 24.6 Å². The van der Waals surface area contributed by atoms with Gasteiger partial charge in [0, 0.05) is 13.7 Å². The Kier molecular flexibility index (Phi) is 10.1. The van der Waals surface area contributed by atoms with Crippen LogP contribution in [0, 0.1) is 0 Å². The normalized spacial score (nSPS) is 11.2. The van der Waals surface area contributed by atoms with Crippen LogP contribution in [-0.4, -0.2) is 46.5 Å². The minimum absolute atomic E-state index is 0. The van der Waals surface area contributed by atoms with E-state index in [2.05, 4.69) is 5.32 Å². The molecule has 0 saturated heterocycles. The lowest BCUT2D eigenvalue weighted by molar-refractivity contribution is -0.123. The maximum atomic E-state index is 11.8. The van der Waals surface area contributed by atoms with E-state index in [1.807, 2.05) is 6.92 Å². The zero-order valence-corrected chi connectivity index (χ0v) is 14.7. The third kappa shape index (κ3) is 6.13. The van der Waals surface area contributed by atoms with Crippen LogP contribution in [0.15, 0.2) is 12.1 Å². The van der Waals surface area contributed by atoms with Gasteiger partial charge in [-0.3, -0.25) is 4.79 Å². The Morgan fingerprint density at radius 2 is 1.78 bits per heavy atom. The molecule has 1 aromatic rings. The molecule has 1 aromatic carbocycles. The summed E-state index contributed by atoms with van der Waals surface area (Å²) >= 11 is 0. The van der Waals surface area contributed by atoms with Gasteiger partial charge in [0.2, 0.25) is 11.7 Å². The van der Waals surface area contributed by atoms with Gasteiger partial charge < -0.3 is 30.0 Å². The molecular weight excluding hydrogens is 324 g/mol. The molecule has 8 heteroatoms. The zero-order chi connectivity index (χ0) is 16.5. The molecule has 132 valence electrons. The van der Waals surface area contributed by atoms with Gasteiger partial charge in [-0.15, -0.1) is 12.4 Å². The van der Waals surface area contributed by atoms with Crippen LogP contribution >= 0.6 is 12.4 Å². The Bertz CT molecular complexity index is 474. The highest BCUT2D eigenvalue weighted by molar-refractivity contribution is 5.85. The number of hydrogen-bond acceptors (Lipinski definition) is 6. The molecule has 0 saturated carbocycles.